The zero-order chi connectivity index (χ0) is 17.2. The molecule has 3 aromatic rings. The standard InChI is InChI=1S/C16H15BrN2O3S2/c1-2-19(9-12-7-8-22-10-12)24(20,21)15-11-23-16(18-15)13-3-5-14(17)6-4-13/h3-8,10-11H,2,9H2,1H3. The molecule has 0 bridgehead atoms. The van der Waals surface area contributed by atoms with Crippen molar-refractivity contribution >= 4 is 37.3 Å². The van der Waals surface area contributed by atoms with Gasteiger partial charge in [-0.25, -0.2) is 13.4 Å². The second-order valence-electron chi connectivity index (χ2n) is 5.06. The molecule has 5 nitrogen and oxygen atoms in total. The summed E-state index contributed by atoms with van der Waals surface area (Å²) >= 11 is 4.70. The van der Waals surface area contributed by atoms with Gasteiger partial charge in [-0.1, -0.05) is 35.0 Å². The molecule has 24 heavy (non-hydrogen) atoms. The minimum atomic E-state index is -3.64. The fourth-order valence-electron chi connectivity index (χ4n) is 2.19. The van der Waals surface area contributed by atoms with E-state index in [1.165, 1.54) is 21.9 Å². The molecule has 0 amide bonds. The van der Waals surface area contributed by atoms with E-state index in [1.807, 2.05) is 24.3 Å². The molecule has 0 radical (unpaired) electrons. The number of rotatable bonds is 6. The van der Waals surface area contributed by atoms with Gasteiger partial charge in [-0.15, -0.1) is 11.3 Å². The van der Waals surface area contributed by atoms with Gasteiger partial charge >= 0.3 is 0 Å². The normalized spacial score (nSPS) is 12.0. The van der Waals surface area contributed by atoms with Gasteiger partial charge in [0.05, 0.1) is 12.5 Å². The molecule has 126 valence electrons. The quantitative estimate of drug-likeness (QED) is 0.586. The monoisotopic (exact) mass is 426 g/mol. The molecule has 0 aliphatic rings. The summed E-state index contributed by atoms with van der Waals surface area (Å²) in [5, 5.41) is 2.35. The number of furan rings is 1. The second kappa shape index (κ2) is 7.18. The van der Waals surface area contributed by atoms with E-state index in [4.69, 9.17) is 4.42 Å². The van der Waals surface area contributed by atoms with E-state index in [-0.39, 0.29) is 11.6 Å². The van der Waals surface area contributed by atoms with Gasteiger partial charge in [0, 0.05) is 34.1 Å². The third kappa shape index (κ3) is 3.61. The smallest absolute Gasteiger partial charge is 0.261 e. The lowest BCUT2D eigenvalue weighted by atomic mass is 10.2. The first-order valence-electron chi connectivity index (χ1n) is 7.23. The van der Waals surface area contributed by atoms with Crippen LogP contribution < -0.4 is 0 Å². The maximum Gasteiger partial charge on any atom is 0.261 e. The van der Waals surface area contributed by atoms with Crippen molar-refractivity contribution in [2.24, 2.45) is 0 Å². The molecule has 0 fully saturated rings. The van der Waals surface area contributed by atoms with Crippen LogP contribution in [0.25, 0.3) is 10.6 Å². The predicted octanol–water partition coefficient (Wildman–Crippen LogP) is 4.38. The molecule has 0 atom stereocenters. The van der Waals surface area contributed by atoms with Crippen LogP contribution >= 0.6 is 27.3 Å². The summed E-state index contributed by atoms with van der Waals surface area (Å²) in [5.41, 5.74) is 1.70. The van der Waals surface area contributed by atoms with E-state index < -0.39 is 10.0 Å². The summed E-state index contributed by atoms with van der Waals surface area (Å²) in [5.74, 6) is 0. The van der Waals surface area contributed by atoms with Crippen molar-refractivity contribution in [1.29, 1.82) is 0 Å². The molecule has 2 heterocycles. The van der Waals surface area contributed by atoms with Crippen LogP contribution in [0.4, 0.5) is 0 Å². The molecule has 0 unspecified atom stereocenters. The molecule has 0 aliphatic heterocycles. The van der Waals surface area contributed by atoms with E-state index in [1.54, 1.807) is 24.6 Å². The maximum absolute atomic E-state index is 12.8. The highest BCUT2D eigenvalue weighted by Crippen LogP contribution is 2.28. The van der Waals surface area contributed by atoms with Gasteiger partial charge in [-0.2, -0.15) is 4.31 Å². The van der Waals surface area contributed by atoms with Crippen molar-refractivity contribution in [1.82, 2.24) is 9.29 Å². The summed E-state index contributed by atoms with van der Waals surface area (Å²) in [6, 6.07) is 9.38. The highest BCUT2D eigenvalue weighted by atomic mass is 79.9. The van der Waals surface area contributed by atoms with E-state index in [0.29, 0.717) is 11.6 Å². The number of aromatic nitrogens is 1. The first-order valence-corrected chi connectivity index (χ1v) is 10.3. The zero-order valence-electron chi connectivity index (χ0n) is 12.8. The van der Waals surface area contributed by atoms with Crippen LogP contribution in [-0.2, 0) is 16.6 Å². The molecule has 8 heteroatoms. The van der Waals surface area contributed by atoms with Crippen molar-refractivity contribution in [3.63, 3.8) is 0 Å². The second-order valence-corrected chi connectivity index (χ2v) is 8.72. The van der Waals surface area contributed by atoms with Crippen LogP contribution in [-0.4, -0.2) is 24.3 Å². The van der Waals surface area contributed by atoms with E-state index in [9.17, 15) is 8.42 Å². The van der Waals surface area contributed by atoms with Gasteiger partial charge in [-0.05, 0) is 18.2 Å². The molecular weight excluding hydrogens is 412 g/mol. The molecule has 2 aromatic heterocycles. The summed E-state index contributed by atoms with van der Waals surface area (Å²) < 4.78 is 33.0. The molecular formula is C16H15BrN2O3S2. The lowest BCUT2D eigenvalue weighted by Gasteiger charge is -2.18. The Balaban J connectivity index is 1.88. The van der Waals surface area contributed by atoms with Crippen LogP contribution in [0.5, 0.6) is 0 Å². The van der Waals surface area contributed by atoms with Crippen molar-refractivity contribution in [2.75, 3.05) is 6.54 Å². The Morgan fingerprint density at radius 3 is 2.62 bits per heavy atom. The van der Waals surface area contributed by atoms with Crippen molar-refractivity contribution in [3.8, 4) is 10.6 Å². The molecule has 0 saturated heterocycles. The predicted molar refractivity (Wildman–Crippen MR) is 97.2 cm³/mol. The summed E-state index contributed by atoms with van der Waals surface area (Å²) in [4.78, 5) is 4.33. The minimum Gasteiger partial charge on any atom is -0.472 e. The third-order valence-corrected chi connectivity index (χ3v) is 6.84. The first-order chi connectivity index (χ1) is 11.5. The molecule has 3 rings (SSSR count). The lowest BCUT2D eigenvalue weighted by molar-refractivity contribution is 0.419. The molecule has 0 N–H and O–H groups in total. The summed E-state index contributed by atoms with van der Waals surface area (Å²) in [6.45, 7) is 2.43. The Bertz CT molecular complexity index is 903. The third-order valence-electron chi connectivity index (χ3n) is 3.47. The summed E-state index contributed by atoms with van der Waals surface area (Å²) in [6.07, 6.45) is 3.08. The highest BCUT2D eigenvalue weighted by molar-refractivity contribution is 9.10. The number of hydrogen-bond donors (Lipinski definition) is 0. The molecule has 0 aliphatic carbocycles. The largest absolute Gasteiger partial charge is 0.472 e. The Kier molecular flexibility index (Phi) is 5.19. The van der Waals surface area contributed by atoms with Gasteiger partial charge in [0.15, 0.2) is 5.03 Å². The Morgan fingerprint density at radius 1 is 1.25 bits per heavy atom. The van der Waals surface area contributed by atoms with E-state index >= 15 is 0 Å². The topological polar surface area (TPSA) is 63.4 Å². The molecule has 0 saturated carbocycles. The van der Waals surface area contributed by atoms with E-state index in [2.05, 4.69) is 20.9 Å². The number of sulfonamides is 1. The first kappa shape index (κ1) is 17.3. The van der Waals surface area contributed by atoms with Crippen LogP contribution in [0.1, 0.15) is 12.5 Å². The van der Waals surface area contributed by atoms with Crippen molar-refractivity contribution in [2.45, 2.75) is 18.5 Å². The van der Waals surface area contributed by atoms with Crippen molar-refractivity contribution < 1.29 is 12.8 Å². The zero-order valence-corrected chi connectivity index (χ0v) is 16.1. The number of nitrogens with zero attached hydrogens (tertiary/aromatic N) is 2. The minimum absolute atomic E-state index is 0.0794. The SMILES string of the molecule is CCN(Cc1ccoc1)S(=O)(=O)c1csc(-c2ccc(Br)cc2)n1. The fourth-order valence-corrected chi connectivity index (χ4v) is 4.96. The van der Waals surface area contributed by atoms with Crippen LogP contribution in [0.2, 0.25) is 0 Å². The summed E-state index contributed by atoms with van der Waals surface area (Å²) in [7, 11) is -3.64. The van der Waals surface area contributed by atoms with Gasteiger partial charge in [0.25, 0.3) is 10.0 Å². The van der Waals surface area contributed by atoms with Crippen LogP contribution in [0, 0.1) is 0 Å². The van der Waals surface area contributed by atoms with E-state index in [0.717, 1.165) is 15.6 Å². The maximum atomic E-state index is 12.8. The highest BCUT2D eigenvalue weighted by Gasteiger charge is 2.26. The van der Waals surface area contributed by atoms with Crippen molar-refractivity contribution in [3.05, 3.63) is 58.3 Å². The Labute approximate surface area is 153 Å². The number of halogens is 1. The van der Waals surface area contributed by atoms with Gasteiger partial charge in [-0.3, -0.25) is 0 Å². The number of hydrogen-bond acceptors (Lipinski definition) is 5. The fraction of sp³-hybridized carbons (Fsp3) is 0.188. The van der Waals surface area contributed by atoms with Crippen LogP contribution in [0.15, 0.2) is 62.2 Å². The molecule has 1 aromatic carbocycles. The Morgan fingerprint density at radius 2 is 2.00 bits per heavy atom. The van der Waals surface area contributed by atoms with Gasteiger partial charge < -0.3 is 4.42 Å². The number of thiazole rings is 1. The Hall–Kier alpha value is -1.48. The lowest BCUT2D eigenvalue weighted by Crippen LogP contribution is -2.30. The average molecular weight is 427 g/mol. The van der Waals surface area contributed by atoms with Gasteiger partial charge in [0.2, 0.25) is 0 Å². The van der Waals surface area contributed by atoms with Crippen LogP contribution in [0.3, 0.4) is 0 Å². The molecule has 0 spiro atoms. The number of benzene rings is 1. The average Bonchev–Trinajstić information content (AvgIpc) is 3.25. The van der Waals surface area contributed by atoms with Gasteiger partial charge in [0.1, 0.15) is 5.01 Å².